The highest BCUT2D eigenvalue weighted by Crippen LogP contribution is 2.24. The van der Waals surface area contributed by atoms with Gasteiger partial charge in [0.15, 0.2) is 0 Å². The van der Waals surface area contributed by atoms with Gasteiger partial charge in [-0.2, -0.15) is 0 Å². The molecule has 4 rings (SSSR count). The Balaban J connectivity index is 1.46. The normalized spacial score (nSPS) is 14.2. The van der Waals surface area contributed by atoms with E-state index in [1.54, 1.807) is 32.4 Å². The molecule has 28 heavy (non-hydrogen) atoms. The fourth-order valence-corrected chi connectivity index (χ4v) is 3.48. The standard InChI is InChI=1S/C22H23N3O3/c1-27-18-13-17(14-19(15-18)28-2)22(26)25-11-9-24(10-12-25)21-8-7-16-5-3-4-6-20(16)23-21/h3-8,13-15H,9-12H2,1-2H3. The third-order valence-corrected chi connectivity index (χ3v) is 5.07. The molecule has 1 aromatic heterocycles. The maximum absolute atomic E-state index is 12.9. The quantitative estimate of drug-likeness (QED) is 0.699. The Hall–Kier alpha value is -3.28. The van der Waals surface area contributed by atoms with Gasteiger partial charge in [0.05, 0.1) is 19.7 Å². The van der Waals surface area contributed by atoms with Gasteiger partial charge >= 0.3 is 0 Å². The predicted octanol–water partition coefficient (Wildman–Crippen LogP) is 3.21. The zero-order valence-electron chi connectivity index (χ0n) is 16.1. The van der Waals surface area contributed by atoms with Crippen molar-refractivity contribution in [1.82, 2.24) is 9.88 Å². The molecule has 2 aromatic carbocycles. The molecule has 0 N–H and O–H groups in total. The number of carbonyl (C=O) groups excluding carboxylic acids is 1. The van der Waals surface area contributed by atoms with Crippen LogP contribution in [0.4, 0.5) is 5.82 Å². The summed E-state index contributed by atoms with van der Waals surface area (Å²) in [5.41, 5.74) is 1.57. The number of anilines is 1. The van der Waals surface area contributed by atoms with Crippen LogP contribution >= 0.6 is 0 Å². The maximum atomic E-state index is 12.9. The van der Waals surface area contributed by atoms with Crippen molar-refractivity contribution in [2.45, 2.75) is 0 Å². The highest BCUT2D eigenvalue weighted by Gasteiger charge is 2.23. The van der Waals surface area contributed by atoms with Crippen molar-refractivity contribution in [3.63, 3.8) is 0 Å². The lowest BCUT2D eigenvalue weighted by molar-refractivity contribution is 0.0745. The minimum atomic E-state index is -0.0108. The number of pyridine rings is 1. The number of amides is 1. The molecule has 1 aliphatic heterocycles. The number of hydrogen-bond acceptors (Lipinski definition) is 5. The molecule has 2 heterocycles. The lowest BCUT2D eigenvalue weighted by Gasteiger charge is -2.35. The Labute approximate surface area is 164 Å². The fourth-order valence-electron chi connectivity index (χ4n) is 3.48. The highest BCUT2D eigenvalue weighted by atomic mass is 16.5. The lowest BCUT2D eigenvalue weighted by Crippen LogP contribution is -2.49. The maximum Gasteiger partial charge on any atom is 0.254 e. The van der Waals surface area contributed by atoms with Crippen molar-refractivity contribution in [3.05, 3.63) is 60.2 Å². The number of rotatable bonds is 4. The number of methoxy groups -OCH3 is 2. The molecular formula is C22H23N3O3. The molecule has 144 valence electrons. The van der Waals surface area contributed by atoms with Crippen LogP contribution in [0.25, 0.3) is 10.9 Å². The summed E-state index contributed by atoms with van der Waals surface area (Å²) in [5.74, 6) is 2.17. The van der Waals surface area contributed by atoms with Crippen LogP contribution < -0.4 is 14.4 Å². The molecule has 3 aromatic rings. The molecule has 0 unspecified atom stereocenters. The van der Waals surface area contributed by atoms with Crippen LogP contribution in [-0.4, -0.2) is 56.2 Å². The van der Waals surface area contributed by atoms with E-state index < -0.39 is 0 Å². The van der Waals surface area contributed by atoms with Crippen molar-refractivity contribution >= 4 is 22.6 Å². The third-order valence-electron chi connectivity index (χ3n) is 5.07. The van der Waals surface area contributed by atoms with Crippen molar-refractivity contribution in [1.29, 1.82) is 0 Å². The van der Waals surface area contributed by atoms with Crippen molar-refractivity contribution in [3.8, 4) is 11.5 Å². The smallest absolute Gasteiger partial charge is 0.254 e. The van der Waals surface area contributed by atoms with Gasteiger partial charge in [-0.05, 0) is 30.3 Å². The van der Waals surface area contributed by atoms with Gasteiger partial charge in [-0.3, -0.25) is 4.79 Å². The largest absolute Gasteiger partial charge is 0.497 e. The average Bonchev–Trinajstić information content (AvgIpc) is 2.78. The van der Waals surface area contributed by atoms with Crippen LogP contribution in [0, 0.1) is 0 Å². The van der Waals surface area contributed by atoms with Crippen LogP contribution in [0.1, 0.15) is 10.4 Å². The zero-order valence-corrected chi connectivity index (χ0v) is 16.1. The van der Waals surface area contributed by atoms with Gasteiger partial charge in [0, 0.05) is 43.2 Å². The first-order valence-electron chi connectivity index (χ1n) is 9.31. The summed E-state index contributed by atoms with van der Waals surface area (Å²) in [7, 11) is 3.16. The number of piperazine rings is 1. The van der Waals surface area contributed by atoms with Crippen LogP contribution in [0.2, 0.25) is 0 Å². The molecule has 0 radical (unpaired) electrons. The van der Waals surface area contributed by atoms with Gasteiger partial charge in [-0.15, -0.1) is 0 Å². The Morgan fingerprint density at radius 1 is 0.893 bits per heavy atom. The number of fused-ring (bicyclic) bond motifs is 1. The van der Waals surface area contributed by atoms with Crippen LogP contribution in [0.3, 0.4) is 0 Å². The molecule has 0 bridgehead atoms. The summed E-state index contributed by atoms with van der Waals surface area (Å²) >= 11 is 0. The first-order chi connectivity index (χ1) is 13.7. The molecule has 0 saturated carbocycles. The first kappa shape index (κ1) is 18.1. The molecule has 0 atom stereocenters. The van der Waals surface area contributed by atoms with Gasteiger partial charge < -0.3 is 19.3 Å². The minimum absolute atomic E-state index is 0.0108. The molecule has 6 heteroatoms. The molecule has 1 amide bonds. The van der Waals surface area contributed by atoms with Crippen LogP contribution in [0.5, 0.6) is 11.5 Å². The monoisotopic (exact) mass is 377 g/mol. The summed E-state index contributed by atoms with van der Waals surface area (Å²) in [6.45, 7) is 2.79. The predicted molar refractivity (Wildman–Crippen MR) is 109 cm³/mol. The Morgan fingerprint density at radius 3 is 2.25 bits per heavy atom. The molecule has 1 fully saturated rings. The Morgan fingerprint density at radius 2 is 1.57 bits per heavy atom. The Bertz CT molecular complexity index is 975. The second-order valence-electron chi connectivity index (χ2n) is 6.74. The van der Waals surface area contributed by atoms with E-state index in [9.17, 15) is 4.79 Å². The first-order valence-corrected chi connectivity index (χ1v) is 9.31. The fraction of sp³-hybridized carbons (Fsp3) is 0.273. The van der Waals surface area contributed by atoms with Gasteiger partial charge in [0.1, 0.15) is 17.3 Å². The Kier molecular flexibility index (Phi) is 5.02. The summed E-state index contributed by atoms with van der Waals surface area (Å²) in [6.07, 6.45) is 0. The number of aromatic nitrogens is 1. The number of ether oxygens (including phenoxy) is 2. The zero-order chi connectivity index (χ0) is 19.5. The average molecular weight is 377 g/mol. The number of hydrogen-bond donors (Lipinski definition) is 0. The molecule has 6 nitrogen and oxygen atoms in total. The lowest BCUT2D eigenvalue weighted by atomic mass is 10.1. The second kappa shape index (κ2) is 7.76. The van der Waals surface area contributed by atoms with E-state index >= 15 is 0 Å². The molecule has 1 saturated heterocycles. The van der Waals surface area contributed by atoms with E-state index in [1.807, 2.05) is 29.2 Å². The van der Waals surface area contributed by atoms with Crippen molar-refractivity contribution in [2.75, 3.05) is 45.3 Å². The summed E-state index contributed by atoms with van der Waals surface area (Å²) in [5, 5.41) is 1.13. The van der Waals surface area contributed by atoms with E-state index in [-0.39, 0.29) is 5.91 Å². The second-order valence-corrected chi connectivity index (χ2v) is 6.74. The van der Waals surface area contributed by atoms with Gasteiger partial charge in [-0.1, -0.05) is 18.2 Å². The number of carbonyl (C=O) groups is 1. The SMILES string of the molecule is COc1cc(OC)cc(C(=O)N2CCN(c3ccc4ccccc4n3)CC2)c1. The minimum Gasteiger partial charge on any atom is -0.497 e. The highest BCUT2D eigenvalue weighted by molar-refractivity contribution is 5.95. The summed E-state index contributed by atoms with van der Waals surface area (Å²) in [4.78, 5) is 21.8. The molecule has 1 aliphatic rings. The molecule has 0 spiro atoms. The van der Waals surface area contributed by atoms with Gasteiger partial charge in [0.2, 0.25) is 0 Å². The topological polar surface area (TPSA) is 54.9 Å². The van der Waals surface area contributed by atoms with Crippen molar-refractivity contribution in [2.24, 2.45) is 0 Å². The van der Waals surface area contributed by atoms with Crippen LogP contribution in [-0.2, 0) is 0 Å². The van der Waals surface area contributed by atoms with Crippen LogP contribution in [0.15, 0.2) is 54.6 Å². The summed E-state index contributed by atoms with van der Waals surface area (Å²) in [6, 6.07) is 17.5. The van der Waals surface area contributed by atoms with E-state index in [0.29, 0.717) is 30.2 Å². The molecule has 0 aliphatic carbocycles. The van der Waals surface area contributed by atoms with Gasteiger partial charge in [-0.25, -0.2) is 4.98 Å². The van der Waals surface area contributed by atoms with E-state index in [2.05, 4.69) is 17.0 Å². The van der Waals surface area contributed by atoms with E-state index in [1.165, 1.54) is 0 Å². The third kappa shape index (κ3) is 3.58. The van der Waals surface area contributed by atoms with Gasteiger partial charge in [0.25, 0.3) is 5.91 Å². The number of nitrogens with zero attached hydrogens (tertiary/aromatic N) is 3. The van der Waals surface area contributed by atoms with E-state index in [0.717, 1.165) is 29.8 Å². The number of benzene rings is 2. The molecular weight excluding hydrogens is 354 g/mol. The van der Waals surface area contributed by atoms with E-state index in [4.69, 9.17) is 14.5 Å². The number of para-hydroxylation sites is 1. The summed E-state index contributed by atoms with van der Waals surface area (Å²) < 4.78 is 10.6. The van der Waals surface area contributed by atoms with Crippen molar-refractivity contribution < 1.29 is 14.3 Å².